The molecule has 0 saturated carbocycles. The quantitative estimate of drug-likeness (QED) is 0.223. The average Bonchev–Trinajstić information content (AvgIpc) is 3.43. The first-order chi connectivity index (χ1) is 20.7. The van der Waals surface area contributed by atoms with E-state index in [-0.39, 0.29) is 11.4 Å². The fourth-order valence-corrected chi connectivity index (χ4v) is 7.20. The number of hydrogen-bond acceptors (Lipinski definition) is 4. The zero-order valence-corrected chi connectivity index (χ0v) is 23.5. The van der Waals surface area contributed by atoms with Gasteiger partial charge < -0.3 is 4.90 Å². The first-order valence-electron chi connectivity index (χ1n) is 13.9. The molecule has 198 valence electrons. The van der Waals surface area contributed by atoms with Crippen LogP contribution in [0.4, 0.5) is 17.1 Å². The van der Waals surface area contributed by atoms with Crippen LogP contribution in [-0.4, -0.2) is 11.4 Å². The van der Waals surface area contributed by atoms with Crippen LogP contribution in [0.2, 0.25) is 0 Å². The normalized spacial score (nSPS) is 12.8. The summed E-state index contributed by atoms with van der Waals surface area (Å²) in [4.78, 5) is 2.34. The number of allylic oxidation sites excluding steroid dienone is 1. The van der Waals surface area contributed by atoms with Crippen molar-refractivity contribution >= 4 is 76.8 Å². The van der Waals surface area contributed by atoms with Crippen molar-refractivity contribution in [3.63, 3.8) is 0 Å². The molecule has 0 bridgehead atoms. The predicted octanol–water partition coefficient (Wildman–Crippen LogP) is 10.8. The van der Waals surface area contributed by atoms with E-state index in [2.05, 4.69) is 120 Å². The van der Waals surface area contributed by atoms with Crippen LogP contribution in [0.5, 0.6) is 0 Å². The summed E-state index contributed by atoms with van der Waals surface area (Å²) in [6.07, 6.45) is 3.66. The van der Waals surface area contributed by atoms with E-state index in [1.165, 1.54) is 31.3 Å². The monoisotopic (exact) mass is 555 g/mol. The number of anilines is 3. The molecule has 1 aliphatic carbocycles. The van der Waals surface area contributed by atoms with Crippen molar-refractivity contribution in [3.8, 4) is 11.1 Å². The Morgan fingerprint density at radius 3 is 2.12 bits per heavy atom. The number of nitrogens with one attached hydrogen (secondary N) is 2. The van der Waals surface area contributed by atoms with Crippen molar-refractivity contribution in [1.29, 1.82) is 10.8 Å². The number of rotatable bonds is 4. The smallest absolute Gasteiger partial charge is 0.0873 e. The first-order valence-corrected chi connectivity index (χ1v) is 14.8. The Balaban J connectivity index is 1.39. The molecular weight excluding hydrogens is 531 g/mol. The molecule has 0 atom stereocenters. The van der Waals surface area contributed by atoms with E-state index in [1.54, 1.807) is 6.08 Å². The number of nitrogens with zero attached hydrogens (tertiary/aromatic N) is 1. The van der Waals surface area contributed by atoms with Crippen molar-refractivity contribution in [2.24, 2.45) is 0 Å². The van der Waals surface area contributed by atoms with E-state index < -0.39 is 0 Å². The number of fused-ring (bicyclic) bond motifs is 6. The molecule has 6 aromatic carbocycles. The van der Waals surface area contributed by atoms with E-state index in [4.69, 9.17) is 10.8 Å². The zero-order chi connectivity index (χ0) is 28.2. The van der Waals surface area contributed by atoms with Gasteiger partial charge in [0.25, 0.3) is 0 Å². The second-order valence-electron chi connectivity index (χ2n) is 10.6. The number of hydrogen-bond donors (Lipinski definition) is 2. The molecule has 1 aromatic heterocycles. The summed E-state index contributed by atoms with van der Waals surface area (Å²) in [5.74, 6) is 0. The summed E-state index contributed by atoms with van der Waals surface area (Å²) in [6, 6.07) is 45.0. The highest BCUT2D eigenvalue weighted by atomic mass is 32.1. The van der Waals surface area contributed by atoms with Crippen molar-refractivity contribution in [2.75, 3.05) is 4.90 Å². The summed E-state index contributed by atoms with van der Waals surface area (Å²) < 4.78 is 2.52. The minimum Gasteiger partial charge on any atom is -0.310 e. The average molecular weight is 556 g/mol. The summed E-state index contributed by atoms with van der Waals surface area (Å²) in [5, 5.41) is 21.6. The summed E-state index contributed by atoms with van der Waals surface area (Å²) >= 11 is 1.82. The molecule has 0 saturated heterocycles. The maximum Gasteiger partial charge on any atom is 0.0873 e. The van der Waals surface area contributed by atoms with E-state index in [1.807, 2.05) is 29.5 Å². The third kappa shape index (κ3) is 3.88. The van der Waals surface area contributed by atoms with E-state index in [9.17, 15) is 0 Å². The first kappa shape index (κ1) is 24.5. The lowest BCUT2D eigenvalue weighted by atomic mass is 9.89. The van der Waals surface area contributed by atoms with Gasteiger partial charge in [-0.05, 0) is 76.0 Å². The molecule has 0 aliphatic heterocycles. The van der Waals surface area contributed by atoms with Gasteiger partial charge in [0.05, 0.1) is 17.1 Å². The summed E-state index contributed by atoms with van der Waals surface area (Å²) in [7, 11) is 0. The van der Waals surface area contributed by atoms with Gasteiger partial charge >= 0.3 is 0 Å². The molecule has 42 heavy (non-hydrogen) atoms. The van der Waals surface area contributed by atoms with E-state index >= 15 is 0 Å². The van der Waals surface area contributed by atoms with Crippen LogP contribution in [0.1, 0.15) is 11.1 Å². The summed E-state index contributed by atoms with van der Waals surface area (Å²) in [5.41, 5.74) is 7.85. The Hall–Kier alpha value is -5.32. The molecule has 4 heteroatoms. The highest BCUT2D eigenvalue weighted by Crippen LogP contribution is 2.45. The molecule has 2 N–H and O–H groups in total. The van der Waals surface area contributed by atoms with E-state index in [0.29, 0.717) is 0 Å². The Bertz CT molecular complexity index is 2220. The van der Waals surface area contributed by atoms with Crippen LogP contribution >= 0.6 is 11.3 Å². The van der Waals surface area contributed by atoms with E-state index in [0.717, 1.165) is 39.0 Å². The zero-order valence-electron chi connectivity index (χ0n) is 22.6. The van der Waals surface area contributed by atoms with Gasteiger partial charge in [0, 0.05) is 37.1 Å². The third-order valence-electron chi connectivity index (χ3n) is 8.10. The molecule has 8 rings (SSSR count). The third-order valence-corrected chi connectivity index (χ3v) is 9.23. The lowest BCUT2D eigenvalue weighted by molar-refractivity contribution is 1.31. The fraction of sp³-hybridized carbons (Fsp3) is 0. The van der Waals surface area contributed by atoms with Gasteiger partial charge in [0.15, 0.2) is 0 Å². The van der Waals surface area contributed by atoms with Crippen molar-refractivity contribution < 1.29 is 0 Å². The van der Waals surface area contributed by atoms with Gasteiger partial charge in [0.2, 0.25) is 0 Å². The molecule has 7 aromatic rings. The van der Waals surface area contributed by atoms with Crippen molar-refractivity contribution in [2.45, 2.75) is 0 Å². The van der Waals surface area contributed by atoms with Crippen LogP contribution in [0.15, 0.2) is 133 Å². The standard InChI is InChI=1S/C38H25N3S/c39-32-22-18-27-14-13-26-17-21-29(23-31(26)36(27)38(32)40)41(28-19-15-25(16-20-28)24-7-2-1-3-8-24)33-10-6-12-35-37(33)30-9-4-5-11-34(30)42-35/h1-23,39-40H. The Kier molecular flexibility index (Phi) is 5.62. The molecule has 0 unspecified atom stereocenters. The maximum absolute atomic E-state index is 8.76. The number of benzene rings is 6. The minimum absolute atomic E-state index is 0.239. The van der Waals surface area contributed by atoms with Gasteiger partial charge in [-0.25, -0.2) is 0 Å². The number of thiophene rings is 1. The second-order valence-corrected chi connectivity index (χ2v) is 11.6. The highest BCUT2D eigenvalue weighted by Gasteiger charge is 2.22. The lowest BCUT2D eigenvalue weighted by Gasteiger charge is -2.27. The molecule has 0 spiro atoms. The van der Waals surface area contributed by atoms with Crippen LogP contribution in [0, 0.1) is 10.8 Å². The van der Waals surface area contributed by atoms with Gasteiger partial charge in [-0.2, -0.15) is 0 Å². The van der Waals surface area contributed by atoms with Gasteiger partial charge in [-0.3, -0.25) is 10.8 Å². The molecule has 0 fully saturated rings. The Morgan fingerprint density at radius 1 is 0.548 bits per heavy atom. The Labute approximate surface area is 247 Å². The molecule has 3 nitrogen and oxygen atoms in total. The second kappa shape index (κ2) is 9.65. The van der Waals surface area contributed by atoms with Gasteiger partial charge in [0.1, 0.15) is 0 Å². The molecule has 1 heterocycles. The van der Waals surface area contributed by atoms with Crippen LogP contribution in [0.3, 0.4) is 0 Å². The van der Waals surface area contributed by atoms with Crippen LogP contribution in [0.25, 0.3) is 48.1 Å². The van der Waals surface area contributed by atoms with Crippen LogP contribution < -0.4 is 4.90 Å². The van der Waals surface area contributed by atoms with Crippen LogP contribution in [-0.2, 0) is 0 Å². The molecular formula is C38H25N3S. The highest BCUT2D eigenvalue weighted by molar-refractivity contribution is 7.26. The van der Waals surface area contributed by atoms with Gasteiger partial charge in [-0.1, -0.05) is 91.0 Å². The fourth-order valence-electron chi connectivity index (χ4n) is 6.08. The van der Waals surface area contributed by atoms with Crippen molar-refractivity contribution in [1.82, 2.24) is 0 Å². The predicted molar refractivity (Wildman–Crippen MR) is 181 cm³/mol. The maximum atomic E-state index is 8.76. The van der Waals surface area contributed by atoms with Gasteiger partial charge in [-0.15, -0.1) is 11.3 Å². The minimum atomic E-state index is 0.239. The Morgan fingerprint density at radius 2 is 1.26 bits per heavy atom. The summed E-state index contributed by atoms with van der Waals surface area (Å²) in [6.45, 7) is 0. The SMILES string of the molecule is N=C1C=Cc2ccc3ccc(N(c4ccc(-c5ccccc5)cc4)c4cccc5sc6ccccc6c45)cc3c2C1=N. The topological polar surface area (TPSA) is 50.9 Å². The lowest BCUT2D eigenvalue weighted by Crippen LogP contribution is -2.16. The molecule has 0 radical (unpaired) electrons. The molecule has 0 amide bonds. The largest absolute Gasteiger partial charge is 0.310 e. The van der Waals surface area contributed by atoms with Crippen molar-refractivity contribution in [3.05, 3.63) is 145 Å². The molecule has 1 aliphatic rings.